The first-order valence-electron chi connectivity index (χ1n) is 6.26. The Morgan fingerprint density at radius 3 is 3.11 bits per heavy atom. The maximum Gasteiger partial charge on any atom is 0.254 e. The standard InChI is InChI=1S/C12H17N5O2/c1-8-4-10(17-11(16-8)14-7-15-17)13-5-9-6-18-12(2,3)19-9/h4,7,9,13H,5-6H2,1-3H3. The fourth-order valence-corrected chi connectivity index (χ4v) is 2.14. The van der Waals surface area contributed by atoms with Crippen molar-refractivity contribution >= 4 is 11.6 Å². The van der Waals surface area contributed by atoms with E-state index in [0.717, 1.165) is 11.5 Å². The first-order chi connectivity index (χ1) is 9.03. The zero-order valence-electron chi connectivity index (χ0n) is 11.3. The zero-order valence-corrected chi connectivity index (χ0v) is 11.3. The highest BCUT2D eigenvalue weighted by Gasteiger charge is 2.32. The Kier molecular flexibility index (Phi) is 2.87. The number of aromatic nitrogens is 4. The molecule has 1 saturated heterocycles. The molecule has 1 atom stereocenters. The van der Waals surface area contributed by atoms with Gasteiger partial charge in [0, 0.05) is 18.3 Å². The summed E-state index contributed by atoms with van der Waals surface area (Å²) in [6.07, 6.45) is 1.52. The number of hydrogen-bond donors (Lipinski definition) is 1. The topological polar surface area (TPSA) is 73.6 Å². The fourth-order valence-electron chi connectivity index (χ4n) is 2.14. The molecule has 2 aromatic rings. The van der Waals surface area contributed by atoms with Gasteiger partial charge in [0.05, 0.1) is 6.61 Å². The Bertz CT molecular complexity index is 595. The molecule has 0 aromatic carbocycles. The van der Waals surface area contributed by atoms with E-state index >= 15 is 0 Å². The van der Waals surface area contributed by atoms with Crippen LogP contribution in [0.15, 0.2) is 12.4 Å². The Morgan fingerprint density at radius 2 is 2.37 bits per heavy atom. The molecule has 0 amide bonds. The molecule has 3 heterocycles. The average molecular weight is 263 g/mol. The van der Waals surface area contributed by atoms with Gasteiger partial charge in [-0.2, -0.15) is 14.6 Å². The molecular weight excluding hydrogens is 246 g/mol. The van der Waals surface area contributed by atoms with E-state index in [2.05, 4.69) is 20.4 Å². The molecule has 7 nitrogen and oxygen atoms in total. The van der Waals surface area contributed by atoms with Crippen molar-refractivity contribution in [3.8, 4) is 0 Å². The molecule has 0 spiro atoms. The second-order valence-corrected chi connectivity index (χ2v) is 5.09. The van der Waals surface area contributed by atoms with Crippen LogP contribution in [0.25, 0.3) is 5.78 Å². The molecule has 0 aliphatic carbocycles. The number of rotatable bonds is 3. The molecule has 102 valence electrons. The average Bonchev–Trinajstić information content (AvgIpc) is 2.92. The SMILES string of the molecule is Cc1cc(NCC2COC(C)(C)O2)n2ncnc2n1. The molecule has 7 heteroatoms. The third-order valence-electron chi connectivity index (χ3n) is 2.96. The molecule has 0 radical (unpaired) electrons. The van der Waals surface area contributed by atoms with Crippen molar-refractivity contribution < 1.29 is 9.47 Å². The fraction of sp³-hybridized carbons (Fsp3) is 0.583. The van der Waals surface area contributed by atoms with E-state index in [1.807, 2.05) is 26.8 Å². The van der Waals surface area contributed by atoms with Crippen LogP contribution in [0.2, 0.25) is 0 Å². The minimum atomic E-state index is -0.497. The molecule has 1 aliphatic rings. The van der Waals surface area contributed by atoms with Gasteiger partial charge in [0.2, 0.25) is 0 Å². The Hall–Kier alpha value is -1.73. The number of nitrogens with one attached hydrogen (secondary N) is 1. The van der Waals surface area contributed by atoms with Crippen LogP contribution in [0, 0.1) is 6.92 Å². The minimum absolute atomic E-state index is 0.0297. The van der Waals surface area contributed by atoms with Gasteiger partial charge < -0.3 is 14.8 Å². The Morgan fingerprint density at radius 1 is 1.53 bits per heavy atom. The summed E-state index contributed by atoms with van der Waals surface area (Å²) in [5.74, 6) is 0.947. The highest BCUT2D eigenvalue weighted by Crippen LogP contribution is 2.22. The van der Waals surface area contributed by atoms with Crippen molar-refractivity contribution in [2.24, 2.45) is 0 Å². The lowest BCUT2D eigenvalue weighted by Crippen LogP contribution is -2.26. The predicted octanol–water partition coefficient (Wildman–Crippen LogP) is 0.996. The van der Waals surface area contributed by atoms with Crippen LogP contribution < -0.4 is 5.32 Å². The zero-order chi connectivity index (χ0) is 13.5. The molecule has 19 heavy (non-hydrogen) atoms. The van der Waals surface area contributed by atoms with Gasteiger partial charge in [0.1, 0.15) is 18.2 Å². The van der Waals surface area contributed by atoms with Crippen LogP contribution in [0.3, 0.4) is 0 Å². The third-order valence-corrected chi connectivity index (χ3v) is 2.96. The van der Waals surface area contributed by atoms with E-state index in [1.165, 1.54) is 6.33 Å². The van der Waals surface area contributed by atoms with Gasteiger partial charge >= 0.3 is 0 Å². The maximum absolute atomic E-state index is 5.75. The first-order valence-corrected chi connectivity index (χ1v) is 6.26. The van der Waals surface area contributed by atoms with E-state index < -0.39 is 5.79 Å². The summed E-state index contributed by atoms with van der Waals surface area (Å²) in [4.78, 5) is 8.38. The molecule has 2 aromatic heterocycles. The van der Waals surface area contributed by atoms with Gasteiger partial charge in [-0.3, -0.25) is 0 Å². The summed E-state index contributed by atoms with van der Waals surface area (Å²) >= 11 is 0. The summed E-state index contributed by atoms with van der Waals surface area (Å²) in [6.45, 7) is 7.00. The van der Waals surface area contributed by atoms with E-state index in [-0.39, 0.29) is 6.10 Å². The van der Waals surface area contributed by atoms with Crippen molar-refractivity contribution in [2.75, 3.05) is 18.5 Å². The lowest BCUT2D eigenvalue weighted by molar-refractivity contribution is -0.136. The molecule has 0 bridgehead atoms. The maximum atomic E-state index is 5.75. The van der Waals surface area contributed by atoms with Crippen LogP contribution in [-0.4, -0.2) is 44.6 Å². The summed E-state index contributed by atoms with van der Waals surface area (Å²) in [5, 5.41) is 7.45. The van der Waals surface area contributed by atoms with Gasteiger partial charge in [-0.05, 0) is 20.8 Å². The normalized spacial score (nSPS) is 21.9. The van der Waals surface area contributed by atoms with Gasteiger partial charge in [0.25, 0.3) is 5.78 Å². The number of hydrogen-bond acceptors (Lipinski definition) is 6. The molecule has 3 rings (SSSR count). The predicted molar refractivity (Wildman–Crippen MR) is 68.9 cm³/mol. The Balaban J connectivity index is 1.73. The van der Waals surface area contributed by atoms with Crippen molar-refractivity contribution in [1.29, 1.82) is 0 Å². The van der Waals surface area contributed by atoms with E-state index in [4.69, 9.17) is 9.47 Å². The molecule has 1 fully saturated rings. The van der Waals surface area contributed by atoms with E-state index in [9.17, 15) is 0 Å². The lowest BCUT2D eigenvalue weighted by Gasteiger charge is -2.17. The van der Waals surface area contributed by atoms with Crippen LogP contribution in [0.1, 0.15) is 19.5 Å². The molecule has 1 aliphatic heterocycles. The third kappa shape index (κ3) is 2.52. The molecule has 1 unspecified atom stereocenters. The second-order valence-electron chi connectivity index (χ2n) is 5.09. The van der Waals surface area contributed by atoms with Gasteiger partial charge in [0.15, 0.2) is 5.79 Å². The molecular formula is C12H17N5O2. The van der Waals surface area contributed by atoms with Gasteiger partial charge in [-0.25, -0.2) is 4.98 Å². The highest BCUT2D eigenvalue weighted by molar-refractivity contribution is 5.44. The first kappa shape index (κ1) is 12.3. The number of aryl methyl sites for hydroxylation is 1. The largest absolute Gasteiger partial charge is 0.367 e. The Labute approximate surface area is 111 Å². The number of fused-ring (bicyclic) bond motifs is 1. The van der Waals surface area contributed by atoms with Crippen LogP contribution in [0.5, 0.6) is 0 Å². The van der Waals surface area contributed by atoms with Crippen molar-refractivity contribution in [3.63, 3.8) is 0 Å². The van der Waals surface area contributed by atoms with Crippen LogP contribution >= 0.6 is 0 Å². The second kappa shape index (κ2) is 4.43. The smallest absolute Gasteiger partial charge is 0.254 e. The number of ether oxygens (including phenoxy) is 2. The van der Waals surface area contributed by atoms with Crippen LogP contribution in [0.4, 0.5) is 5.82 Å². The number of anilines is 1. The lowest BCUT2D eigenvalue weighted by atomic mass is 10.3. The van der Waals surface area contributed by atoms with Gasteiger partial charge in [-0.15, -0.1) is 0 Å². The van der Waals surface area contributed by atoms with Crippen molar-refractivity contribution in [2.45, 2.75) is 32.7 Å². The summed E-state index contributed by atoms with van der Waals surface area (Å²) in [6, 6.07) is 1.93. The molecule has 1 N–H and O–H groups in total. The summed E-state index contributed by atoms with van der Waals surface area (Å²) in [5.41, 5.74) is 0.895. The van der Waals surface area contributed by atoms with Crippen molar-refractivity contribution in [1.82, 2.24) is 19.6 Å². The van der Waals surface area contributed by atoms with Crippen LogP contribution in [-0.2, 0) is 9.47 Å². The van der Waals surface area contributed by atoms with Gasteiger partial charge in [-0.1, -0.05) is 0 Å². The van der Waals surface area contributed by atoms with Crippen molar-refractivity contribution in [3.05, 3.63) is 18.1 Å². The number of nitrogens with zero attached hydrogens (tertiary/aromatic N) is 4. The van der Waals surface area contributed by atoms with E-state index in [1.54, 1.807) is 4.52 Å². The highest BCUT2D eigenvalue weighted by atomic mass is 16.7. The summed E-state index contributed by atoms with van der Waals surface area (Å²) < 4.78 is 13.0. The quantitative estimate of drug-likeness (QED) is 0.890. The van der Waals surface area contributed by atoms with E-state index in [0.29, 0.717) is 18.9 Å². The monoisotopic (exact) mass is 263 g/mol. The minimum Gasteiger partial charge on any atom is -0.367 e. The molecule has 0 saturated carbocycles. The summed E-state index contributed by atoms with van der Waals surface area (Å²) in [7, 11) is 0.